The van der Waals surface area contributed by atoms with Crippen LogP contribution in [0.2, 0.25) is 0 Å². The van der Waals surface area contributed by atoms with Crippen LogP contribution in [-0.4, -0.2) is 30.8 Å². The van der Waals surface area contributed by atoms with E-state index in [0.717, 1.165) is 23.2 Å². The first-order valence-electron chi connectivity index (χ1n) is 10.2. The second-order valence-electron chi connectivity index (χ2n) is 7.37. The van der Waals surface area contributed by atoms with Crippen LogP contribution in [0.4, 0.5) is 11.4 Å². The van der Waals surface area contributed by atoms with Gasteiger partial charge in [-0.1, -0.05) is 42.5 Å². The maximum atomic E-state index is 12.3. The summed E-state index contributed by atoms with van der Waals surface area (Å²) >= 11 is 0. The number of carbonyl (C=O) groups is 3. The summed E-state index contributed by atoms with van der Waals surface area (Å²) in [5, 5.41) is 5.40. The highest BCUT2D eigenvalue weighted by atomic mass is 16.2. The molecule has 1 heterocycles. The first-order chi connectivity index (χ1) is 15.1. The lowest BCUT2D eigenvalue weighted by Gasteiger charge is -2.15. The van der Waals surface area contributed by atoms with Gasteiger partial charge in [0.1, 0.15) is 0 Å². The zero-order valence-electron chi connectivity index (χ0n) is 17.0. The Morgan fingerprint density at radius 1 is 0.839 bits per heavy atom. The van der Waals surface area contributed by atoms with Crippen LogP contribution >= 0.6 is 0 Å². The van der Waals surface area contributed by atoms with Gasteiger partial charge in [0.15, 0.2) is 0 Å². The van der Waals surface area contributed by atoms with E-state index < -0.39 is 0 Å². The predicted octanol–water partition coefficient (Wildman–Crippen LogP) is 3.85. The van der Waals surface area contributed by atoms with E-state index in [0.29, 0.717) is 24.2 Å². The molecule has 1 saturated heterocycles. The van der Waals surface area contributed by atoms with Crippen LogP contribution in [0.25, 0.3) is 11.1 Å². The van der Waals surface area contributed by atoms with E-state index in [4.69, 9.17) is 0 Å². The van der Waals surface area contributed by atoms with Gasteiger partial charge >= 0.3 is 0 Å². The topological polar surface area (TPSA) is 78.5 Å². The fourth-order valence-corrected chi connectivity index (χ4v) is 3.56. The van der Waals surface area contributed by atoms with Gasteiger partial charge in [0.25, 0.3) is 5.91 Å². The molecule has 1 aliphatic heterocycles. The molecule has 1 aliphatic rings. The summed E-state index contributed by atoms with van der Waals surface area (Å²) in [5.41, 5.74) is 4.06. The predicted molar refractivity (Wildman–Crippen MR) is 121 cm³/mol. The number of hydrogen-bond donors (Lipinski definition) is 2. The van der Waals surface area contributed by atoms with Crippen LogP contribution in [0.3, 0.4) is 0 Å². The average Bonchev–Trinajstić information content (AvgIpc) is 3.24. The quantitative estimate of drug-likeness (QED) is 0.644. The molecule has 2 N–H and O–H groups in total. The number of anilines is 2. The number of rotatable bonds is 6. The molecule has 31 heavy (non-hydrogen) atoms. The number of benzene rings is 3. The van der Waals surface area contributed by atoms with Crippen molar-refractivity contribution in [3.8, 4) is 11.1 Å². The summed E-state index contributed by atoms with van der Waals surface area (Å²) in [5.74, 6) is -0.542. The van der Waals surface area contributed by atoms with Crippen LogP contribution in [0.15, 0.2) is 78.9 Å². The first kappa shape index (κ1) is 20.3. The Balaban J connectivity index is 1.28. The third-order valence-electron chi connectivity index (χ3n) is 5.20. The van der Waals surface area contributed by atoms with Gasteiger partial charge in [0, 0.05) is 29.9 Å². The number of amides is 3. The summed E-state index contributed by atoms with van der Waals surface area (Å²) in [6.45, 7) is 0.572. The van der Waals surface area contributed by atoms with Crippen LogP contribution < -0.4 is 15.5 Å². The standard InChI is InChI=1S/C25H23N3O3/c29-23(27-21-12-8-19(9-13-21)18-5-2-1-3-6-18)17-26-25(31)20-10-14-22(15-11-20)28-16-4-7-24(28)30/h1-3,5-6,8-15H,4,7,16-17H2,(H,26,31)(H,27,29). The monoisotopic (exact) mass is 413 g/mol. The van der Waals surface area contributed by atoms with Crippen molar-refractivity contribution in [2.45, 2.75) is 12.8 Å². The lowest BCUT2D eigenvalue weighted by molar-refractivity contribution is -0.117. The van der Waals surface area contributed by atoms with Gasteiger partial charge in [-0.3, -0.25) is 14.4 Å². The van der Waals surface area contributed by atoms with Crippen molar-refractivity contribution >= 4 is 29.1 Å². The van der Waals surface area contributed by atoms with Crippen molar-refractivity contribution in [2.75, 3.05) is 23.3 Å². The van der Waals surface area contributed by atoms with Gasteiger partial charge in [-0.25, -0.2) is 0 Å². The van der Waals surface area contributed by atoms with Crippen LogP contribution in [0, 0.1) is 0 Å². The SMILES string of the molecule is O=C(CNC(=O)c1ccc(N2CCCC2=O)cc1)Nc1ccc(-c2ccccc2)cc1. The summed E-state index contributed by atoms with van der Waals surface area (Å²) in [6, 6.07) is 24.4. The zero-order valence-corrected chi connectivity index (χ0v) is 17.0. The molecule has 0 saturated carbocycles. The molecule has 3 aromatic carbocycles. The van der Waals surface area contributed by atoms with Crippen molar-refractivity contribution in [3.05, 3.63) is 84.4 Å². The molecule has 3 amide bonds. The third-order valence-corrected chi connectivity index (χ3v) is 5.20. The second kappa shape index (κ2) is 9.26. The van der Waals surface area contributed by atoms with Gasteiger partial charge < -0.3 is 15.5 Å². The Bertz CT molecular complexity index is 1080. The molecule has 0 atom stereocenters. The molecule has 156 valence electrons. The zero-order chi connectivity index (χ0) is 21.6. The highest BCUT2D eigenvalue weighted by Crippen LogP contribution is 2.22. The minimum Gasteiger partial charge on any atom is -0.343 e. The molecule has 0 spiro atoms. The third kappa shape index (κ3) is 4.98. The number of nitrogens with zero attached hydrogens (tertiary/aromatic N) is 1. The molecule has 3 aromatic rings. The lowest BCUT2D eigenvalue weighted by Crippen LogP contribution is -2.32. The molecular weight excluding hydrogens is 390 g/mol. The van der Waals surface area contributed by atoms with Gasteiger partial charge in [-0.05, 0) is 53.9 Å². The van der Waals surface area contributed by atoms with Gasteiger partial charge in [-0.2, -0.15) is 0 Å². The minimum atomic E-state index is -0.339. The van der Waals surface area contributed by atoms with E-state index in [1.165, 1.54) is 0 Å². The van der Waals surface area contributed by atoms with Crippen molar-refractivity contribution < 1.29 is 14.4 Å². The Kier molecular flexibility index (Phi) is 6.08. The molecule has 0 aromatic heterocycles. The van der Waals surface area contributed by atoms with Crippen LogP contribution in [0.1, 0.15) is 23.2 Å². The van der Waals surface area contributed by atoms with E-state index in [2.05, 4.69) is 10.6 Å². The van der Waals surface area contributed by atoms with Crippen molar-refractivity contribution in [2.24, 2.45) is 0 Å². The minimum absolute atomic E-state index is 0.102. The normalized spacial score (nSPS) is 13.2. The molecule has 4 rings (SSSR count). The maximum absolute atomic E-state index is 12.3. The first-order valence-corrected chi connectivity index (χ1v) is 10.2. The van der Waals surface area contributed by atoms with E-state index in [1.54, 1.807) is 29.2 Å². The van der Waals surface area contributed by atoms with E-state index in [9.17, 15) is 14.4 Å². The average molecular weight is 413 g/mol. The summed E-state index contributed by atoms with van der Waals surface area (Å²) < 4.78 is 0. The second-order valence-corrected chi connectivity index (χ2v) is 7.37. The maximum Gasteiger partial charge on any atom is 0.251 e. The number of carbonyl (C=O) groups excluding carboxylic acids is 3. The Labute approximate surface area is 180 Å². The summed E-state index contributed by atoms with van der Waals surface area (Å²) in [6.07, 6.45) is 1.41. The molecule has 0 bridgehead atoms. The number of nitrogens with one attached hydrogen (secondary N) is 2. The Hall–Kier alpha value is -3.93. The molecular formula is C25H23N3O3. The van der Waals surface area contributed by atoms with Crippen LogP contribution in [0.5, 0.6) is 0 Å². The fourth-order valence-electron chi connectivity index (χ4n) is 3.56. The van der Waals surface area contributed by atoms with Gasteiger partial charge in [0.2, 0.25) is 11.8 Å². The highest BCUT2D eigenvalue weighted by molar-refractivity contribution is 6.00. The molecule has 0 aliphatic carbocycles. The van der Waals surface area contributed by atoms with Crippen LogP contribution in [-0.2, 0) is 9.59 Å². The van der Waals surface area contributed by atoms with E-state index >= 15 is 0 Å². The molecule has 0 radical (unpaired) electrons. The van der Waals surface area contributed by atoms with Gasteiger partial charge in [0.05, 0.1) is 6.54 Å². The van der Waals surface area contributed by atoms with Crippen molar-refractivity contribution in [1.29, 1.82) is 0 Å². The number of hydrogen-bond acceptors (Lipinski definition) is 3. The highest BCUT2D eigenvalue weighted by Gasteiger charge is 2.21. The molecule has 1 fully saturated rings. The summed E-state index contributed by atoms with van der Waals surface area (Å²) in [7, 11) is 0. The van der Waals surface area contributed by atoms with Crippen molar-refractivity contribution in [3.63, 3.8) is 0 Å². The van der Waals surface area contributed by atoms with Gasteiger partial charge in [-0.15, -0.1) is 0 Å². The molecule has 0 unspecified atom stereocenters. The van der Waals surface area contributed by atoms with Crippen molar-refractivity contribution in [1.82, 2.24) is 5.32 Å². The Morgan fingerprint density at radius 3 is 2.16 bits per heavy atom. The Morgan fingerprint density at radius 2 is 1.52 bits per heavy atom. The fraction of sp³-hybridized carbons (Fsp3) is 0.160. The van der Waals surface area contributed by atoms with E-state index in [1.807, 2.05) is 54.6 Å². The molecule has 6 nitrogen and oxygen atoms in total. The van der Waals surface area contributed by atoms with E-state index in [-0.39, 0.29) is 24.3 Å². The largest absolute Gasteiger partial charge is 0.343 e. The summed E-state index contributed by atoms with van der Waals surface area (Å²) in [4.78, 5) is 38.1. The molecule has 6 heteroatoms. The lowest BCUT2D eigenvalue weighted by atomic mass is 10.1. The smallest absolute Gasteiger partial charge is 0.251 e.